The van der Waals surface area contributed by atoms with Crippen molar-refractivity contribution in [1.82, 2.24) is 0 Å². The van der Waals surface area contributed by atoms with Gasteiger partial charge in [0.25, 0.3) is 0 Å². The standard InChI is InChI=1S/C11H25NO/c1-4-10(3)9-11(12)7-6-8-13-5-2/h10-11H,4-9,12H2,1-3H3. The fraction of sp³-hybridized carbons (Fsp3) is 1.00. The van der Waals surface area contributed by atoms with Crippen LogP contribution in [0.2, 0.25) is 0 Å². The van der Waals surface area contributed by atoms with Crippen LogP contribution in [0.3, 0.4) is 0 Å². The van der Waals surface area contributed by atoms with E-state index in [2.05, 4.69) is 13.8 Å². The van der Waals surface area contributed by atoms with Crippen LogP contribution in [0.1, 0.15) is 46.5 Å². The molecular formula is C11H25NO. The van der Waals surface area contributed by atoms with Gasteiger partial charge in [-0.25, -0.2) is 0 Å². The molecule has 0 aliphatic carbocycles. The second kappa shape index (κ2) is 8.52. The van der Waals surface area contributed by atoms with E-state index < -0.39 is 0 Å². The van der Waals surface area contributed by atoms with E-state index in [0.717, 1.165) is 38.4 Å². The molecule has 2 atom stereocenters. The molecule has 0 fully saturated rings. The van der Waals surface area contributed by atoms with Crippen LogP contribution in [0.15, 0.2) is 0 Å². The van der Waals surface area contributed by atoms with Crippen molar-refractivity contribution >= 4 is 0 Å². The van der Waals surface area contributed by atoms with Gasteiger partial charge in [0.05, 0.1) is 0 Å². The highest BCUT2D eigenvalue weighted by Gasteiger charge is 2.06. The maximum absolute atomic E-state index is 5.98. The van der Waals surface area contributed by atoms with Crippen LogP contribution in [-0.4, -0.2) is 19.3 Å². The van der Waals surface area contributed by atoms with Crippen LogP contribution in [0.4, 0.5) is 0 Å². The maximum atomic E-state index is 5.98. The molecule has 0 saturated carbocycles. The van der Waals surface area contributed by atoms with Gasteiger partial charge in [0.15, 0.2) is 0 Å². The Morgan fingerprint density at radius 2 is 2.00 bits per heavy atom. The largest absolute Gasteiger partial charge is 0.382 e. The normalized spacial score (nSPS) is 15.7. The third-order valence-electron chi connectivity index (χ3n) is 2.47. The van der Waals surface area contributed by atoms with Crippen molar-refractivity contribution in [3.63, 3.8) is 0 Å². The predicted octanol–water partition coefficient (Wildman–Crippen LogP) is 2.57. The molecule has 0 aromatic rings. The van der Waals surface area contributed by atoms with Gasteiger partial charge in [-0.2, -0.15) is 0 Å². The summed E-state index contributed by atoms with van der Waals surface area (Å²) in [5.41, 5.74) is 5.98. The van der Waals surface area contributed by atoms with Crippen molar-refractivity contribution in [2.45, 2.75) is 52.5 Å². The van der Waals surface area contributed by atoms with Crippen LogP contribution >= 0.6 is 0 Å². The summed E-state index contributed by atoms with van der Waals surface area (Å²) in [5.74, 6) is 0.766. The van der Waals surface area contributed by atoms with Crippen molar-refractivity contribution < 1.29 is 4.74 Å². The molecule has 80 valence electrons. The summed E-state index contributed by atoms with van der Waals surface area (Å²) in [6, 6.07) is 0.371. The minimum Gasteiger partial charge on any atom is -0.382 e. The van der Waals surface area contributed by atoms with Crippen molar-refractivity contribution in [3.05, 3.63) is 0 Å². The molecule has 0 spiro atoms. The first kappa shape index (κ1) is 12.9. The number of hydrogen-bond donors (Lipinski definition) is 1. The first-order valence-corrected chi connectivity index (χ1v) is 5.54. The minimum absolute atomic E-state index is 0.371. The Labute approximate surface area is 82.8 Å². The van der Waals surface area contributed by atoms with E-state index in [1.807, 2.05) is 6.92 Å². The lowest BCUT2D eigenvalue weighted by molar-refractivity contribution is 0.141. The number of ether oxygens (including phenoxy) is 1. The molecule has 0 radical (unpaired) electrons. The van der Waals surface area contributed by atoms with Gasteiger partial charge in [0.2, 0.25) is 0 Å². The van der Waals surface area contributed by atoms with Crippen molar-refractivity contribution in [2.24, 2.45) is 11.7 Å². The molecule has 0 amide bonds. The maximum Gasteiger partial charge on any atom is 0.0466 e. The molecule has 2 nitrogen and oxygen atoms in total. The third kappa shape index (κ3) is 8.26. The summed E-state index contributed by atoms with van der Waals surface area (Å²) in [4.78, 5) is 0. The monoisotopic (exact) mass is 187 g/mol. The quantitative estimate of drug-likeness (QED) is 0.593. The van der Waals surface area contributed by atoms with E-state index in [0.29, 0.717) is 6.04 Å². The van der Waals surface area contributed by atoms with Crippen LogP contribution in [0.25, 0.3) is 0 Å². The fourth-order valence-corrected chi connectivity index (χ4v) is 1.39. The second-order valence-electron chi connectivity index (χ2n) is 3.85. The molecule has 13 heavy (non-hydrogen) atoms. The number of hydrogen-bond acceptors (Lipinski definition) is 2. The third-order valence-corrected chi connectivity index (χ3v) is 2.47. The summed E-state index contributed by atoms with van der Waals surface area (Å²) in [5, 5.41) is 0. The summed E-state index contributed by atoms with van der Waals surface area (Å²) in [7, 11) is 0. The Bertz CT molecular complexity index is 106. The molecule has 0 rings (SSSR count). The molecule has 0 heterocycles. The molecule has 2 unspecified atom stereocenters. The van der Waals surface area contributed by atoms with Gasteiger partial charge in [0, 0.05) is 19.3 Å². The Morgan fingerprint density at radius 1 is 1.31 bits per heavy atom. The van der Waals surface area contributed by atoms with Crippen molar-refractivity contribution in [1.29, 1.82) is 0 Å². The Hall–Kier alpha value is -0.0800. The van der Waals surface area contributed by atoms with Crippen molar-refractivity contribution in [3.8, 4) is 0 Å². The highest BCUT2D eigenvalue weighted by molar-refractivity contribution is 4.64. The van der Waals surface area contributed by atoms with E-state index >= 15 is 0 Å². The minimum atomic E-state index is 0.371. The molecular weight excluding hydrogens is 162 g/mol. The van der Waals surface area contributed by atoms with E-state index in [9.17, 15) is 0 Å². The zero-order valence-corrected chi connectivity index (χ0v) is 9.38. The van der Waals surface area contributed by atoms with Crippen LogP contribution in [0, 0.1) is 5.92 Å². The average molecular weight is 187 g/mol. The van der Waals surface area contributed by atoms with Gasteiger partial charge in [-0.1, -0.05) is 20.3 Å². The summed E-state index contributed by atoms with van der Waals surface area (Å²) in [6.07, 6.45) is 4.59. The lowest BCUT2D eigenvalue weighted by Crippen LogP contribution is -2.23. The highest BCUT2D eigenvalue weighted by Crippen LogP contribution is 2.11. The Balaban J connectivity index is 3.24. The van der Waals surface area contributed by atoms with Crippen LogP contribution in [0.5, 0.6) is 0 Å². The number of rotatable bonds is 8. The molecule has 0 aromatic heterocycles. The molecule has 0 bridgehead atoms. The van der Waals surface area contributed by atoms with Gasteiger partial charge in [-0.3, -0.25) is 0 Å². The molecule has 0 aliphatic heterocycles. The van der Waals surface area contributed by atoms with Gasteiger partial charge < -0.3 is 10.5 Å². The first-order valence-electron chi connectivity index (χ1n) is 5.54. The average Bonchev–Trinajstić information content (AvgIpc) is 2.12. The smallest absolute Gasteiger partial charge is 0.0466 e. The van der Waals surface area contributed by atoms with Gasteiger partial charge >= 0.3 is 0 Å². The van der Waals surface area contributed by atoms with Gasteiger partial charge in [-0.05, 0) is 32.1 Å². The van der Waals surface area contributed by atoms with Crippen LogP contribution < -0.4 is 5.73 Å². The Morgan fingerprint density at radius 3 is 2.54 bits per heavy atom. The topological polar surface area (TPSA) is 35.2 Å². The van der Waals surface area contributed by atoms with E-state index in [4.69, 9.17) is 10.5 Å². The molecule has 2 N–H and O–H groups in total. The molecule has 0 saturated heterocycles. The molecule has 0 aliphatic rings. The highest BCUT2D eigenvalue weighted by atomic mass is 16.5. The summed E-state index contributed by atoms with van der Waals surface area (Å²) < 4.78 is 5.26. The summed E-state index contributed by atoms with van der Waals surface area (Å²) >= 11 is 0. The van der Waals surface area contributed by atoms with Crippen LogP contribution in [-0.2, 0) is 4.74 Å². The SMILES string of the molecule is CCOCCCC(N)CC(C)CC. The first-order chi connectivity index (χ1) is 6.20. The van der Waals surface area contributed by atoms with Crippen molar-refractivity contribution in [2.75, 3.05) is 13.2 Å². The molecule has 2 heteroatoms. The zero-order valence-electron chi connectivity index (χ0n) is 9.38. The van der Waals surface area contributed by atoms with E-state index in [-0.39, 0.29) is 0 Å². The lowest BCUT2D eigenvalue weighted by atomic mass is 9.97. The Kier molecular flexibility index (Phi) is 8.46. The lowest BCUT2D eigenvalue weighted by Gasteiger charge is -2.15. The predicted molar refractivity (Wildman–Crippen MR) is 57.8 cm³/mol. The zero-order chi connectivity index (χ0) is 10.1. The van der Waals surface area contributed by atoms with E-state index in [1.165, 1.54) is 6.42 Å². The summed E-state index contributed by atoms with van der Waals surface area (Å²) in [6.45, 7) is 8.20. The van der Waals surface area contributed by atoms with Gasteiger partial charge in [0.1, 0.15) is 0 Å². The van der Waals surface area contributed by atoms with Gasteiger partial charge in [-0.15, -0.1) is 0 Å². The number of nitrogens with two attached hydrogens (primary N) is 1. The second-order valence-corrected chi connectivity index (χ2v) is 3.85. The van der Waals surface area contributed by atoms with E-state index in [1.54, 1.807) is 0 Å². The molecule has 0 aromatic carbocycles. The fourth-order valence-electron chi connectivity index (χ4n) is 1.39.